The predicted octanol–water partition coefficient (Wildman–Crippen LogP) is 2.39. The second-order valence-corrected chi connectivity index (χ2v) is 4.36. The minimum Gasteiger partial charge on any atom is -0.380 e. The van der Waals surface area contributed by atoms with Gasteiger partial charge in [0.25, 0.3) is 11.6 Å². The van der Waals surface area contributed by atoms with Crippen LogP contribution in [0.15, 0.2) is 30.6 Å². The van der Waals surface area contributed by atoms with Crippen LogP contribution in [0.4, 0.5) is 17.1 Å². The van der Waals surface area contributed by atoms with Crippen molar-refractivity contribution >= 4 is 23.0 Å². The Hall–Kier alpha value is -2.90. The monoisotopic (exact) mass is 289 g/mol. The van der Waals surface area contributed by atoms with Gasteiger partial charge < -0.3 is 10.6 Å². The second-order valence-electron chi connectivity index (χ2n) is 4.36. The number of carbonyl (C=O) groups is 1. The summed E-state index contributed by atoms with van der Waals surface area (Å²) in [6.45, 7) is 2.59. The van der Waals surface area contributed by atoms with Crippen LogP contribution in [0.25, 0.3) is 0 Å². The minimum atomic E-state index is -0.507. The summed E-state index contributed by atoms with van der Waals surface area (Å²) >= 11 is 0. The van der Waals surface area contributed by atoms with Gasteiger partial charge >= 0.3 is 0 Å². The van der Waals surface area contributed by atoms with Crippen molar-refractivity contribution < 1.29 is 9.72 Å². The normalized spacial score (nSPS) is 10.1. The number of carbonyl (C=O) groups excluding carboxylic acids is 1. The number of anilines is 2. The highest BCUT2D eigenvalue weighted by molar-refractivity contribution is 6.05. The van der Waals surface area contributed by atoms with Gasteiger partial charge in [-0.15, -0.1) is 0 Å². The summed E-state index contributed by atoms with van der Waals surface area (Å²) in [5.74, 6) is -0.429. The van der Waals surface area contributed by atoms with Gasteiger partial charge in [-0.2, -0.15) is 5.10 Å². The van der Waals surface area contributed by atoms with E-state index in [4.69, 9.17) is 0 Å². The topological polar surface area (TPSA) is 113 Å². The molecule has 0 aliphatic rings. The molecular weight excluding hydrogens is 274 g/mol. The Bertz CT molecular complexity index is 639. The van der Waals surface area contributed by atoms with E-state index in [9.17, 15) is 14.9 Å². The highest BCUT2D eigenvalue weighted by Gasteiger charge is 2.17. The van der Waals surface area contributed by atoms with Gasteiger partial charge in [0.15, 0.2) is 0 Å². The van der Waals surface area contributed by atoms with Crippen LogP contribution in [0.5, 0.6) is 0 Å². The van der Waals surface area contributed by atoms with Gasteiger partial charge in [-0.05, 0) is 18.6 Å². The number of benzene rings is 1. The molecule has 2 rings (SSSR count). The molecule has 1 aromatic heterocycles. The molecule has 1 amide bonds. The zero-order chi connectivity index (χ0) is 15.2. The Kier molecular flexibility index (Phi) is 4.50. The number of aromatic amines is 1. The van der Waals surface area contributed by atoms with Crippen molar-refractivity contribution in [2.75, 3.05) is 17.2 Å². The summed E-state index contributed by atoms with van der Waals surface area (Å²) in [6, 6.07) is 4.34. The molecule has 0 aliphatic heterocycles. The third kappa shape index (κ3) is 3.56. The zero-order valence-corrected chi connectivity index (χ0v) is 11.4. The molecule has 8 heteroatoms. The molecule has 3 N–H and O–H groups in total. The molecular formula is C13H15N5O3. The molecule has 0 saturated heterocycles. The molecule has 8 nitrogen and oxygen atoms in total. The quantitative estimate of drug-likeness (QED) is 0.558. The Labute approximate surface area is 120 Å². The Morgan fingerprint density at radius 1 is 1.48 bits per heavy atom. The van der Waals surface area contributed by atoms with Crippen LogP contribution in [0, 0.1) is 10.1 Å². The molecule has 0 saturated carbocycles. The smallest absolute Gasteiger partial charge is 0.293 e. The number of hydrogen-bond donors (Lipinski definition) is 3. The molecule has 0 fully saturated rings. The van der Waals surface area contributed by atoms with Gasteiger partial charge in [-0.3, -0.25) is 20.0 Å². The average Bonchev–Trinajstić information content (AvgIpc) is 2.97. The fraction of sp³-hybridized carbons (Fsp3) is 0.231. The average molecular weight is 289 g/mol. The van der Waals surface area contributed by atoms with E-state index in [0.717, 1.165) is 6.42 Å². The second kappa shape index (κ2) is 6.51. The van der Waals surface area contributed by atoms with Crippen molar-refractivity contribution in [1.29, 1.82) is 0 Å². The lowest BCUT2D eigenvalue weighted by Crippen LogP contribution is -2.12. The SMILES string of the molecule is CCCNc1ccc(C(=O)Nc2cn[nH]c2)cc1[N+](=O)[O-]. The fourth-order valence-electron chi connectivity index (χ4n) is 1.76. The van der Waals surface area contributed by atoms with Crippen LogP contribution in [0.1, 0.15) is 23.7 Å². The van der Waals surface area contributed by atoms with Crippen molar-refractivity contribution in [2.24, 2.45) is 0 Å². The van der Waals surface area contributed by atoms with Crippen LogP contribution >= 0.6 is 0 Å². The first-order valence-corrected chi connectivity index (χ1v) is 6.44. The van der Waals surface area contributed by atoms with Crippen LogP contribution in [-0.2, 0) is 0 Å². The molecule has 2 aromatic rings. The first-order chi connectivity index (χ1) is 10.1. The van der Waals surface area contributed by atoms with E-state index >= 15 is 0 Å². The van der Waals surface area contributed by atoms with Crippen molar-refractivity contribution in [1.82, 2.24) is 10.2 Å². The third-order valence-corrected chi connectivity index (χ3v) is 2.78. The number of rotatable bonds is 6. The molecule has 0 spiro atoms. The van der Waals surface area contributed by atoms with E-state index in [-0.39, 0.29) is 11.3 Å². The Balaban J connectivity index is 2.22. The maximum Gasteiger partial charge on any atom is 0.293 e. The lowest BCUT2D eigenvalue weighted by atomic mass is 10.1. The van der Waals surface area contributed by atoms with Crippen molar-refractivity contribution in [2.45, 2.75) is 13.3 Å². The molecule has 0 unspecified atom stereocenters. The summed E-state index contributed by atoms with van der Waals surface area (Å²) < 4.78 is 0. The first kappa shape index (κ1) is 14.5. The van der Waals surface area contributed by atoms with Gasteiger partial charge in [-0.1, -0.05) is 6.92 Å². The van der Waals surface area contributed by atoms with E-state index < -0.39 is 10.8 Å². The van der Waals surface area contributed by atoms with Crippen LogP contribution in [-0.4, -0.2) is 27.6 Å². The molecule has 0 atom stereocenters. The van der Waals surface area contributed by atoms with Crippen LogP contribution in [0.3, 0.4) is 0 Å². The third-order valence-electron chi connectivity index (χ3n) is 2.78. The van der Waals surface area contributed by atoms with Gasteiger partial charge in [0, 0.05) is 24.4 Å². The van der Waals surface area contributed by atoms with Gasteiger partial charge in [0.1, 0.15) is 5.69 Å². The van der Waals surface area contributed by atoms with Gasteiger partial charge in [0.05, 0.1) is 16.8 Å². The van der Waals surface area contributed by atoms with Gasteiger partial charge in [-0.25, -0.2) is 0 Å². The predicted molar refractivity (Wildman–Crippen MR) is 78.4 cm³/mol. The van der Waals surface area contributed by atoms with Crippen molar-refractivity contribution in [3.8, 4) is 0 Å². The van der Waals surface area contributed by atoms with Crippen LogP contribution in [0.2, 0.25) is 0 Å². The number of amides is 1. The molecule has 0 bridgehead atoms. The van der Waals surface area contributed by atoms with E-state index in [0.29, 0.717) is 17.9 Å². The lowest BCUT2D eigenvalue weighted by molar-refractivity contribution is -0.384. The number of nitro benzene ring substituents is 1. The number of H-pyrrole nitrogens is 1. The van der Waals surface area contributed by atoms with E-state index in [1.807, 2.05) is 6.92 Å². The maximum absolute atomic E-state index is 12.0. The summed E-state index contributed by atoms with van der Waals surface area (Å²) in [5.41, 5.74) is 0.991. The van der Waals surface area contributed by atoms with Crippen LogP contribution < -0.4 is 10.6 Å². The molecule has 110 valence electrons. The number of aromatic nitrogens is 2. The number of nitrogens with one attached hydrogen (secondary N) is 3. The van der Waals surface area contributed by atoms with Crippen molar-refractivity contribution in [3.63, 3.8) is 0 Å². The molecule has 1 aromatic carbocycles. The molecule has 0 radical (unpaired) electrons. The van der Waals surface area contributed by atoms with Gasteiger partial charge in [0.2, 0.25) is 0 Å². The molecule has 21 heavy (non-hydrogen) atoms. The number of nitrogens with zero attached hydrogens (tertiary/aromatic N) is 2. The summed E-state index contributed by atoms with van der Waals surface area (Å²) in [6.07, 6.45) is 3.81. The summed E-state index contributed by atoms with van der Waals surface area (Å²) in [4.78, 5) is 22.6. The summed E-state index contributed by atoms with van der Waals surface area (Å²) in [5, 5.41) is 22.9. The zero-order valence-electron chi connectivity index (χ0n) is 11.4. The Morgan fingerprint density at radius 2 is 2.29 bits per heavy atom. The fourth-order valence-corrected chi connectivity index (χ4v) is 1.76. The lowest BCUT2D eigenvalue weighted by Gasteiger charge is -2.07. The maximum atomic E-state index is 12.0. The highest BCUT2D eigenvalue weighted by atomic mass is 16.6. The molecule has 0 aliphatic carbocycles. The first-order valence-electron chi connectivity index (χ1n) is 6.44. The van der Waals surface area contributed by atoms with E-state index in [1.165, 1.54) is 24.5 Å². The van der Waals surface area contributed by atoms with Crippen molar-refractivity contribution in [3.05, 3.63) is 46.3 Å². The highest BCUT2D eigenvalue weighted by Crippen LogP contribution is 2.26. The Morgan fingerprint density at radius 3 is 2.90 bits per heavy atom. The molecule has 1 heterocycles. The standard InChI is InChI=1S/C13H15N5O3/c1-2-5-14-11-4-3-9(6-12(11)18(20)21)13(19)17-10-7-15-16-8-10/h3-4,6-8,14H,2,5H2,1H3,(H,15,16)(H,17,19). The van der Waals surface area contributed by atoms with E-state index in [1.54, 1.807) is 6.07 Å². The number of hydrogen-bond acceptors (Lipinski definition) is 5. The summed E-state index contributed by atoms with van der Waals surface area (Å²) in [7, 11) is 0. The minimum absolute atomic E-state index is 0.122. The van der Waals surface area contributed by atoms with E-state index in [2.05, 4.69) is 20.8 Å². The number of nitro groups is 1. The largest absolute Gasteiger partial charge is 0.380 e.